The molecule has 0 aromatic carbocycles. The Morgan fingerprint density at radius 3 is 2.68 bits per heavy atom. The van der Waals surface area contributed by atoms with E-state index in [0.29, 0.717) is 10.9 Å². The largest absolute Gasteiger partial charge is 0.378 e. The number of hydrogen-bond acceptors (Lipinski definition) is 6. The molecule has 1 aliphatic heterocycles. The number of rotatable bonds is 4. The van der Waals surface area contributed by atoms with Gasteiger partial charge in [0.2, 0.25) is 5.60 Å². The first kappa shape index (κ1) is 17.2. The van der Waals surface area contributed by atoms with Gasteiger partial charge in [-0.05, 0) is 19.3 Å². The highest BCUT2D eigenvalue weighted by Gasteiger charge is 2.60. The van der Waals surface area contributed by atoms with Crippen molar-refractivity contribution in [1.82, 2.24) is 9.19 Å². The van der Waals surface area contributed by atoms with Gasteiger partial charge in [-0.25, -0.2) is 4.72 Å². The second-order valence-electron chi connectivity index (χ2n) is 6.68. The van der Waals surface area contributed by atoms with Gasteiger partial charge in [-0.3, -0.25) is 9.63 Å². The third-order valence-electron chi connectivity index (χ3n) is 4.21. The number of amides is 1. The lowest BCUT2D eigenvalue weighted by Gasteiger charge is -2.28. The smallest absolute Gasteiger partial charge is 0.325 e. The molecule has 0 aromatic heterocycles. The van der Waals surface area contributed by atoms with Crippen LogP contribution < -0.4 is 4.72 Å². The fourth-order valence-corrected chi connectivity index (χ4v) is 3.71. The number of carbonyl (C=O) groups excluding carboxylic acids is 1. The van der Waals surface area contributed by atoms with E-state index < -0.39 is 21.7 Å². The van der Waals surface area contributed by atoms with Crippen LogP contribution in [0, 0.1) is 11.3 Å². The summed E-state index contributed by atoms with van der Waals surface area (Å²) < 4.78 is 26.5. The van der Waals surface area contributed by atoms with Crippen LogP contribution in [0.2, 0.25) is 0 Å². The molecule has 1 saturated carbocycles. The quantitative estimate of drug-likeness (QED) is 0.768. The summed E-state index contributed by atoms with van der Waals surface area (Å²) in [5.74, 6) is -0.891. The van der Waals surface area contributed by atoms with Gasteiger partial charge < -0.3 is 4.84 Å². The molecule has 0 bridgehead atoms. The van der Waals surface area contributed by atoms with Gasteiger partial charge in [0.05, 0.1) is 18.7 Å². The fraction of sp³-hybridized carbons (Fsp3) is 0.846. The second kappa shape index (κ2) is 5.47. The molecule has 2 unspecified atom stereocenters. The van der Waals surface area contributed by atoms with Gasteiger partial charge in [0.1, 0.15) is 0 Å². The number of hydroxylamine groups is 1. The maximum absolute atomic E-state index is 12.6. The average molecular weight is 333 g/mol. The first-order chi connectivity index (χ1) is 10.0. The zero-order valence-electron chi connectivity index (χ0n) is 13.5. The summed E-state index contributed by atoms with van der Waals surface area (Å²) in [7, 11) is -1.66. The molecule has 126 valence electrons. The fourth-order valence-electron chi connectivity index (χ4n) is 2.98. The zero-order valence-corrected chi connectivity index (χ0v) is 14.4. The summed E-state index contributed by atoms with van der Waals surface area (Å²) in [5.41, 5.74) is -0.665. The van der Waals surface area contributed by atoms with Gasteiger partial charge >= 0.3 is 10.2 Å². The molecule has 0 radical (unpaired) electrons. The summed E-state index contributed by atoms with van der Waals surface area (Å²) in [6, 6.07) is 0. The van der Waals surface area contributed by atoms with Crippen LogP contribution in [0.15, 0.2) is 5.16 Å². The highest BCUT2D eigenvalue weighted by molar-refractivity contribution is 7.87. The van der Waals surface area contributed by atoms with Crippen LogP contribution in [0.1, 0.15) is 40.0 Å². The van der Waals surface area contributed by atoms with E-state index in [1.54, 1.807) is 0 Å². The Morgan fingerprint density at radius 2 is 2.14 bits per heavy atom. The zero-order chi connectivity index (χ0) is 16.8. The van der Waals surface area contributed by atoms with Crippen LogP contribution in [0.5, 0.6) is 0 Å². The van der Waals surface area contributed by atoms with Gasteiger partial charge in [0.25, 0.3) is 5.91 Å². The number of nitrogens with zero attached hydrogens (tertiary/aromatic N) is 2. The molecule has 1 fully saturated rings. The van der Waals surface area contributed by atoms with Crippen LogP contribution in [-0.2, 0) is 24.7 Å². The van der Waals surface area contributed by atoms with Gasteiger partial charge in [0, 0.05) is 12.5 Å². The van der Waals surface area contributed by atoms with Crippen molar-refractivity contribution in [2.24, 2.45) is 16.5 Å². The summed E-state index contributed by atoms with van der Waals surface area (Å²) >= 11 is 0. The van der Waals surface area contributed by atoms with E-state index in [1.807, 2.05) is 25.5 Å². The van der Waals surface area contributed by atoms with Crippen molar-refractivity contribution in [3.8, 4) is 0 Å². The van der Waals surface area contributed by atoms with E-state index in [9.17, 15) is 13.2 Å². The minimum Gasteiger partial charge on any atom is -0.378 e. The Kier molecular flexibility index (Phi) is 4.27. The number of carbonyl (C=O) groups is 1. The number of oxime groups is 1. The van der Waals surface area contributed by atoms with E-state index in [4.69, 9.17) is 4.84 Å². The lowest BCUT2D eigenvalue weighted by Crippen LogP contribution is -2.54. The van der Waals surface area contributed by atoms with Crippen molar-refractivity contribution in [3.63, 3.8) is 0 Å². The second-order valence-corrected chi connectivity index (χ2v) is 8.35. The Morgan fingerprint density at radius 1 is 1.50 bits per heavy atom. The molecule has 8 nitrogen and oxygen atoms in total. The van der Waals surface area contributed by atoms with Crippen molar-refractivity contribution >= 4 is 21.8 Å². The molecule has 2 aliphatic rings. The van der Waals surface area contributed by atoms with Gasteiger partial charge in [-0.2, -0.15) is 8.42 Å². The highest BCUT2D eigenvalue weighted by Crippen LogP contribution is 2.47. The summed E-state index contributed by atoms with van der Waals surface area (Å²) in [6.45, 7) is 5.99. The van der Waals surface area contributed by atoms with E-state index >= 15 is 0 Å². The lowest BCUT2D eigenvalue weighted by atomic mass is 9.76. The third-order valence-corrected chi connectivity index (χ3v) is 5.48. The highest BCUT2D eigenvalue weighted by atomic mass is 32.2. The molecular formula is C13H23N3O5S. The molecular weight excluding hydrogens is 310 g/mol. The van der Waals surface area contributed by atoms with Gasteiger partial charge in [0.15, 0.2) is 0 Å². The summed E-state index contributed by atoms with van der Waals surface area (Å²) in [6.07, 6.45) is 1.98. The summed E-state index contributed by atoms with van der Waals surface area (Å²) in [5, 5.41) is 4.10. The minimum absolute atomic E-state index is 0.199. The predicted octanol–water partition coefficient (Wildman–Crippen LogP) is 0.812. The van der Waals surface area contributed by atoms with Crippen LogP contribution in [0.3, 0.4) is 0 Å². The maximum atomic E-state index is 12.6. The van der Waals surface area contributed by atoms with Crippen LogP contribution >= 0.6 is 0 Å². The molecule has 1 aliphatic carbocycles. The topological polar surface area (TPSA) is 97.3 Å². The number of nitrogens with one attached hydrogen (secondary N) is 1. The van der Waals surface area contributed by atoms with Crippen LogP contribution in [-0.4, -0.2) is 44.3 Å². The Bertz CT molecular complexity index is 595. The van der Waals surface area contributed by atoms with Crippen molar-refractivity contribution in [2.75, 3.05) is 14.2 Å². The number of hydrogen-bond donors (Lipinski definition) is 1. The molecule has 0 aromatic rings. The molecule has 0 saturated heterocycles. The lowest BCUT2D eigenvalue weighted by molar-refractivity contribution is -0.144. The Labute approximate surface area is 131 Å². The van der Waals surface area contributed by atoms with Crippen LogP contribution in [0.25, 0.3) is 0 Å². The van der Waals surface area contributed by atoms with E-state index in [1.165, 1.54) is 14.2 Å². The monoisotopic (exact) mass is 333 g/mol. The minimum atomic E-state index is -4.06. The predicted molar refractivity (Wildman–Crippen MR) is 79.9 cm³/mol. The first-order valence-corrected chi connectivity index (χ1v) is 8.60. The molecule has 9 heteroatoms. The van der Waals surface area contributed by atoms with Crippen LogP contribution in [0.4, 0.5) is 0 Å². The van der Waals surface area contributed by atoms with Crippen molar-refractivity contribution in [2.45, 2.75) is 45.6 Å². The maximum Gasteiger partial charge on any atom is 0.325 e. The van der Waals surface area contributed by atoms with E-state index in [0.717, 1.165) is 18.6 Å². The Balaban J connectivity index is 2.24. The first-order valence-electron chi connectivity index (χ1n) is 7.16. The van der Waals surface area contributed by atoms with E-state index in [-0.39, 0.29) is 11.3 Å². The molecule has 22 heavy (non-hydrogen) atoms. The number of fused-ring (bicyclic) bond motifs is 1. The van der Waals surface area contributed by atoms with Crippen molar-refractivity contribution < 1.29 is 22.9 Å². The normalized spacial score (nSPS) is 28.3. The summed E-state index contributed by atoms with van der Waals surface area (Å²) in [4.78, 5) is 22.7. The molecule has 1 amide bonds. The molecule has 0 spiro atoms. The molecule has 1 heterocycles. The SMILES string of the molecule is CON(C)S(=O)(=O)NC(=O)C12CCCC1C(C(C)(C)C)=NO2. The molecule has 1 N–H and O–H groups in total. The third kappa shape index (κ3) is 2.72. The van der Waals surface area contributed by atoms with Gasteiger partial charge in [-0.15, -0.1) is 0 Å². The average Bonchev–Trinajstić information content (AvgIpc) is 2.94. The molecule has 2 atom stereocenters. The van der Waals surface area contributed by atoms with Gasteiger partial charge in [-0.1, -0.05) is 30.4 Å². The van der Waals surface area contributed by atoms with E-state index in [2.05, 4.69) is 9.99 Å². The van der Waals surface area contributed by atoms with Crippen molar-refractivity contribution in [1.29, 1.82) is 0 Å². The Hall–Kier alpha value is -1.19. The molecule has 2 rings (SSSR count). The standard InChI is InChI=1S/C13H23N3O5S/c1-12(2,3)10-9-7-6-8-13(9,21-14-10)11(17)15-22(18,19)16(4)20-5/h9H,6-8H2,1-5H3,(H,15,17). The van der Waals surface area contributed by atoms with Crippen molar-refractivity contribution in [3.05, 3.63) is 0 Å².